The van der Waals surface area contributed by atoms with Gasteiger partial charge in [-0.25, -0.2) is 0 Å². The largest absolute Gasteiger partial charge is 0.337 e. The Labute approximate surface area is 155 Å². The lowest BCUT2D eigenvalue weighted by Gasteiger charge is -2.34. The molecule has 1 atom stereocenters. The van der Waals surface area contributed by atoms with Crippen LogP contribution in [-0.4, -0.2) is 58.6 Å². The maximum Gasteiger partial charge on any atom is 0.271 e. The summed E-state index contributed by atoms with van der Waals surface area (Å²) in [5.41, 5.74) is 2.04. The molecule has 1 aromatic heterocycles. The van der Waals surface area contributed by atoms with Crippen molar-refractivity contribution >= 4 is 5.91 Å². The summed E-state index contributed by atoms with van der Waals surface area (Å²) in [5.74, 6) is 1.53. The van der Waals surface area contributed by atoms with Crippen LogP contribution in [0.25, 0.3) is 0 Å². The summed E-state index contributed by atoms with van der Waals surface area (Å²) < 4.78 is 0. The lowest BCUT2D eigenvalue weighted by Crippen LogP contribution is -2.38. The van der Waals surface area contributed by atoms with Gasteiger partial charge in [0.05, 0.1) is 0 Å². The van der Waals surface area contributed by atoms with Gasteiger partial charge in [-0.2, -0.15) is 5.10 Å². The molecule has 0 bridgehead atoms. The van der Waals surface area contributed by atoms with Crippen LogP contribution in [0, 0.1) is 11.8 Å². The van der Waals surface area contributed by atoms with E-state index in [2.05, 4.69) is 45.4 Å². The third-order valence-electron chi connectivity index (χ3n) is 6.10. The number of nitrogens with zero attached hydrogens (tertiary/aromatic N) is 3. The highest BCUT2D eigenvalue weighted by molar-refractivity contribution is 5.92. The zero-order valence-corrected chi connectivity index (χ0v) is 15.3. The maximum absolute atomic E-state index is 12.5. The van der Waals surface area contributed by atoms with Gasteiger partial charge in [-0.05, 0) is 62.2 Å². The van der Waals surface area contributed by atoms with Crippen LogP contribution < -0.4 is 0 Å². The predicted octanol–water partition coefficient (Wildman–Crippen LogP) is 2.83. The second-order valence-corrected chi connectivity index (χ2v) is 7.68. The molecule has 2 aliphatic rings. The fourth-order valence-electron chi connectivity index (χ4n) is 4.48. The third kappa shape index (κ3) is 3.98. The van der Waals surface area contributed by atoms with Crippen LogP contribution in [0.5, 0.6) is 0 Å². The van der Waals surface area contributed by atoms with Crippen LogP contribution in [0.1, 0.15) is 35.3 Å². The van der Waals surface area contributed by atoms with Crippen molar-refractivity contribution in [3.8, 4) is 0 Å². The molecule has 3 heterocycles. The number of carbonyl (C=O) groups excluding carboxylic acids is 1. The zero-order valence-electron chi connectivity index (χ0n) is 15.3. The van der Waals surface area contributed by atoms with E-state index in [0.717, 1.165) is 38.4 Å². The molecular formula is C21H28N4O. The topological polar surface area (TPSA) is 52.2 Å². The summed E-state index contributed by atoms with van der Waals surface area (Å²) in [4.78, 5) is 17.1. The van der Waals surface area contributed by atoms with E-state index in [-0.39, 0.29) is 5.91 Å². The molecule has 2 aromatic rings. The molecule has 0 spiro atoms. The Bertz CT molecular complexity index is 692. The molecule has 26 heavy (non-hydrogen) atoms. The predicted molar refractivity (Wildman–Crippen MR) is 102 cm³/mol. The van der Waals surface area contributed by atoms with Crippen molar-refractivity contribution in [2.45, 2.75) is 25.7 Å². The molecule has 0 radical (unpaired) electrons. The lowest BCUT2D eigenvalue weighted by molar-refractivity contribution is 0.0768. The van der Waals surface area contributed by atoms with Crippen LogP contribution in [0.2, 0.25) is 0 Å². The summed E-state index contributed by atoms with van der Waals surface area (Å²) in [6.07, 6.45) is 6.47. The Morgan fingerprint density at radius 2 is 1.81 bits per heavy atom. The number of rotatable bonds is 5. The first-order valence-corrected chi connectivity index (χ1v) is 9.84. The quantitative estimate of drug-likeness (QED) is 0.900. The minimum Gasteiger partial charge on any atom is -0.337 e. The summed E-state index contributed by atoms with van der Waals surface area (Å²) >= 11 is 0. The van der Waals surface area contributed by atoms with E-state index in [4.69, 9.17) is 0 Å². The van der Waals surface area contributed by atoms with Gasteiger partial charge in [-0.3, -0.25) is 9.89 Å². The molecule has 2 saturated heterocycles. The SMILES string of the molecule is O=C(c1ccn[nH]1)N1CC[C@H](C2CCN(CCc3ccccc3)CC2)C1. The minimum absolute atomic E-state index is 0.102. The van der Waals surface area contributed by atoms with E-state index >= 15 is 0 Å². The summed E-state index contributed by atoms with van der Waals surface area (Å²) in [5, 5.41) is 6.69. The molecule has 2 aliphatic heterocycles. The number of H-pyrrole nitrogens is 1. The number of benzene rings is 1. The number of aromatic amines is 1. The molecule has 138 valence electrons. The number of hydrogen-bond donors (Lipinski definition) is 1. The van der Waals surface area contributed by atoms with Gasteiger partial charge in [0.25, 0.3) is 5.91 Å². The van der Waals surface area contributed by atoms with Gasteiger partial charge < -0.3 is 9.80 Å². The molecule has 1 amide bonds. The molecule has 0 saturated carbocycles. The molecule has 1 N–H and O–H groups in total. The Balaban J connectivity index is 1.22. The van der Waals surface area contributed by atoms with Crippen molar-refractivity contribution in [3.05, 3.63) is 53.9 Å². The van der Waals surface area contributed by atoms with E-state index in [1.165, 1.54) is 31.5 Å². The van der Waals surface area contributed by atoms with Crippen molar-refractivity contribution in [2.75, 3.05) is 32.7 Å². The van der Waals surface area contributed by atoms with Crippen LogP contribution in [-0.2, 0) is 6.42 Å². The number of aromatic nitrogens is 2. The normalized spacial score (nSPS) is 22.0. The molecular weight excluding hydrogens is 324 g/mol. The number of carbonyl (C=O) groups is 1. The number of nitrogens with one attached hydrogen (secondary N) is 1. The second-order valence-electron chi connectivity index (χ2n) is 7.68. The monoisotopic (exact) mass is 352 g/mol. The average Bonchev–Trinajstić information content (AvgIpc) is 3.39. The number of hydrogen-bond acceptors (Lipinski definition) is 3. The number of likely N-dealkylation sites (tertiary alicyclic amines) is 2. The molecule has 2 fully saturated rings. The van der Waals surface area contributed by atoms with Crippen LogP contribution in [0.3, 0.4) is 0 Å². The lowest BCUT2D eigenvalue weighted by atomic mass is 9.83. The first-order chi connectivity index (χ1) is 12.8. The van der Waals surface area contributed by atoms with E-state index in [1.807, 2.05) is 4.90 Å². The van der Waals surface area contributed by atoms with E-state index in [9.17, 15) is 4.79 Å². The first kappa shape index (κ1) is 17.3. The Morgan fingerprint density at radius 3 is 2.54 bits per heavy atom. The van der Waals surface area contributed by atoms with Crippen molar-refractivity contribution in [2.24, 2.45) is 11.8 Å². The first-order valence-electron chi connectivity index (χ1n) is 9.84. The van der Waals surface area contributed by atoms with Gasteiger partial charge in [0.2, 0.25) is 0 Å². The summed E-state index contributed by atoms with van der Waals surface area (Å²) in [6, 6.07) is 12.5. The van der Waals surface area contributed by atoms with Crippen LogP contribution in [0.4, 0.5) is 0 Å². The van der Waals surface area contributed by atoms with E-state index < -0.39 is 0 Å². The third-order valence-corrected chi connectivity index (χ3v) is 6.10. The molecule has 5 nitrogen and oxygen atoms in total. The fraction of sp³-hybridized carbons (Fsp3) is 0.524. The van der Waals surface area contributed by atoms with Crippen LogP contribution in [0.15, 0.2) is 42.6 Å². The van der Waals surface area contributed by atoms with Gasteiger partial charge in [-0.15, -0.1) is 0 Å². The Hall–Kier alpha value is -2.14. The highest BCUT2D eigenvalue weighted by Gasteiger charge is 2.34. The summed E-state index contributed by atoms with van der Waals surface area (Å²) in [7, 11) is 0. The van der Waals surface area contributed by atoms with Gasteiger partial charge in [0.1, 0.15) is 5.69 Å². The van der Waals surface area contributed by atoms with Crippen molar-refractivity contribution in [3.63, 3.8) is 0 Å². The molecule has 1 aromatic carbocycles. The highest BCUT2D eigenvalue weighted by atomic mass is 16.2. The highest BCUT2D eigenvalue weighted by Crippen LogP contribution is 2.32. The van der Waals surface area contributed by atoms with Crippen molar-refractivity contribution < 1.29 is 4.79 Å². The second kappa shape index (κ2) is 8.04. The van der Waals surface area contributed by atoms with E-state index in [1.54, 1.807) is 12.3 Å². The van der Waals surface area contributed by atoms with Gasteiger partial charge in [0.15, 0.2) is 0 Å². The maximum atomic E-state index is 12.5. The Kier molecular flexibility index (Phi) is 5.34. The van der Waals surface area contributed by atoms with Crippen LogP contribution >= 0.6 is 0 Å². The minimum atomic E-state index is 0.102. The molecule has 4 rings (SSSR count). The fourth-order valence-corrected chi connectivity index (χ4v) is 4.48. The van der Waals surface area contributed by atoms with Crippen molar-refractivity contribution in [1.82, 2.24) is 20.0 Å². The van der Waals surface area contributed by atoms with Crippen molar-refractivity contribution in [1.29, 1.82) is 0 Å². The average molecular weight is 352 g/mol. The standard InChI is InChI=1S/C21H28N4O/c26-21(20-6-11-22-23-20)25-15-10-19(16-25)18-8-13-24(14-9-18)12-7-17-4-2-1-3-5-17/h1-6,11,18-19H,7-10,12-16H2,(H,22,23)/t19-/m0/s1. The number of piperidine rings is 1. The Morgan fingerprint density at radius 1 is 1.04 bits per heavy atom. The summed E-state index contributed by atoms with van der Waals surface area (Å²) in [6.45, 7) is 5.35. The molecule has 0 aliphatic carbocycles. The number of amides is 1. The zero-order chi connectivity index (χ0) is 17.8. The molecule has 5 heteroatoms. The van der Waals surface area contributed by atoms with Gasteiger partial charge in [0, 0.05) is 25.8 Å². The van der Waals surface area contributed by atoms with Gasteiger partial charge >= 0.3 is 0 Å². The van der Waals surface area contributed by atoms with Gasteiger partial charge in [-0.1, -0.05) is 30.3 Å². The smallest absolute Gasteiger partial charge is 0.271 e. The molecule has 0 unspecified atom stereocenters. The van der Waals surface area contributed by atoms with E-state index in [0.29, 0.717) is 11.6 Å².